The number of carbonyl (C=O) groups is 2. The molecule has 0 aromatic heterocycles. The molecule has 0 bridgehead atoms. The highest BCUT2D eigenvalue weighted by Crippen LogP contribution is 2.54. The van der Waals surface area contributed by atoms with Crippen LogP contribution in [0, 0.1) is 5.92 Å². The molecule has 3 atom stereocenters. The lowest BCUT2D eigenvalue weighted by Gasteiger charge is -2.43. The summed E-state index contributed by atoms with van der Waals surface area (Å²) in [5.41, 5.74) is 0. The zero-order valence-electron chi connectivity index (χ0n) is 11.7. The minimum atomic E-state index is -1.71. The van der Waals surface area contributed by atoms with Crippen LogP contribution in [0.2, 0.25) is 0 Å². The number of β-lactam (4-membered cyclic amide) rings is 1. The van der Waals surface area contributed by atoms with Crippen LogP contribution in [0.15, 0.2) is 0 Å². The molecule has 2 rings (SSSR count). The van der Waals surface area contributed by atoms with Gasteiger partial charge in [-0.15, -0.1) is 23.4 Å². The second-order valence-electron chi connectivity index (χ2n) is 5.02. The molecule has 2 aliphatic heterocycles. The second-order valence-corrected chi connectivity index (χ2v) is 8.46. The van der Waals surface area contributed by atoms with Crippen molar-refractivity contribution in [1.82, 2.24) is 4.90 Å². The van der Waals surface area contributed by atoms with Crippen molar-refractivity contribution in [3.05, 3.63) is 0 Å². The molecule has 2 heterocycles. The molecule has 2 fully saturated rings. The Hall–Kier alpha value is -0.0700. The number of alkyl halides is 1. The molecule has 20 heavy (non-hydrogen) atoms. The van der Waals surface area contributed by atoms with E-state index in [1.807, 2.05) is 13.8 Å². The molecule has 9 heteroatoms. The summed E-state index contributed by atoms with van der Waals surface area (Å²) in [5, 5.41) is -0.0520. The monoisotopic (exact) mass is 341 g/mol. The summed E-state index contributed by atoms with van der Waals surface area (Å²) in [5.74, 6) is -0.538. The Labute approximate surface area is 128 Å². The van der Waals surface area contributed by atoms with E-state index in [0.717, 1.165) is 0 Å². The maximum Gasteiger partial charge on any atom is 0.398 e. The number of nitrogens with zero attached hydrogens (tertiary/aromatic N) is 1. The molecular formula is C11H17ClNO5PS. The van der Waals surface area contributed by atoms with E-state index in [0.29, 0.717) is 0 Å². The van der Waals surface area contributed by atoms with E-state index in [4.69, 9.17) is 25.2 Å². The molecule has 114 valence electrons. The fourth-order valence-corrected chi connectivity index (χ4v) is 5.11. The van der Waals surface area contributed by atoms with Crippen molar-refractivity contribution in [3.8, 4) is 0 Å². The van der Waals surface area contributed by atoms with Crippen molar-refractivity contribution in [2.45, 2.75) is 30.0 Å². The van der Waals surface area contributed by atoms with Crippen LogP contribution >= 0.6 is 32.0 Å². The minimum absolute atomic E-state index is 0.0520. The predicted octanol–water partition coefficient (Wildman–Crippen LogP) is 1.97. The molecule has 0 saturated carbocycles. The van der Waals surface area contributed by atoms with Gasteiger partial charge in [-0.2, -0.15) is 0 Å². The van der Waals surface area contributed by atoms with E-state index >= 15 is 0 Å². The number of rotatable bonds is 5. The largest absolute Gasteiger partial charge is 0.398 e. The van der Waals surface area contributed by atoms with Gasteiger partial charge in [0.15, 0.2) is 0 Å². The van der Waals surface area contributed by atoms with Gasteiger partial charge in [0, 0.05) is 24.8 Å². The number of thioether (sulfide) groups is 1. The van der Waals surface area contributed by atoms with E-state index in [1.165, 1.54) is 14.2 Å². The van der Waals surface area contributed by atoms with Crippen LogP contribution in [0.4, 0.5) is 0 Å². The second kappa shape index (κ2) is 5.97. The average molecular weight is 342 g/mol. The van der Waals surface area contributed by atoms with E-state index in [1.54, 1.807) is 16.7 Å². The maximum absolute atomic E-state index is 12.3. The summed E-state index contributed by atoms with van der Waals surface area (Å²) in [7, 11) is 1.09. The quantitative estimate of drug-likeness (QED) is 0.433. The number of halogens is 1. The molecule has 0 spiro atoms. The van der Waals surface area contributed by atoms with Crippen LogP contribution in [0.1, 0.15) is 13.8 Å². The van der Waals surface area contributed by atoms with Crippen LogP contribution in [-0.2, 0) is 23.2 Å². The Kier molecular flexibility index (Phi) is 4.87. The molecule has 0 N–H and O–H groups in total. The van der Waals surface area contributed by atoms with Crippen molar-refractivity contribution < 1.29 is 23.2 Å². The first-order valence-corrected chi connectivity index (χ1v) is 8.54. The fourth-order valence-electron chi connectivity index (χ4n) is 2.49. The third-order valence-corrected chi connectivity index (χ3v) is 6.29. The normalized spacial score (nSPS) is 31.2. The Bertz CT molecular complexity index is 420. The number of carbonyl (C=O) groups excluding carboxylic acids is 2. The standard InChI is InChI=1S/C11H17ClNO5PS/c1-11(2)7(10(15)18-19(16-3)17-4)13-8(14)6(5-12)9(13)20-11/h6-7,9H,5H2,1-4H3/t6-,7+,9-/m1/s1. The summed E-state index contributed by atoms with van der Waals surface area (Å²) < 4.78 is 14.6. The van der Waals surface area contributed by atoms with E-state index in [2.05, 4.69) is 0 Å². The van der Waals surface area contributed by atoms with Crippen LogP contribution in [0.25, 0.3) is 0 Å². The fraction of sp³-hybridized carbons (Fsp3) is 0.818. The summed E-state index contributed by atoms with van der Waals surface area (Å²) in [6.07, 6.45) is 0. The smallest absolute Gasteiger partial charge is 0.393 e. The lowest BCUT2D eigenvalue weighted by atomic mass is 9.93. The Morgan fingerprint density at radius 2 is 2.05 bits per heavy atom. The topological polar surface area (TPSA) is 65.1 Å². The Morgan fingerprint density at radius 3 is 2.55 bits per heavy atom. The molecule has 0 unspecified atom stereocenters. The highest BCUT2D eigenvalue weighted by molar-refractivity contribution is 8.01. The van der Waals surface area contributed by atoms with Crippen LogP contribution in [-0.4, -0.2) is 53.0 Å². The van der Waals surface area contributed by atoms with Gasteiger partial charge in [-0.05, 0) is 13.8 Å². The first kappa shape index (κ1) is 16.3. The van der Waals surface area contributed by atoms with Gasteiger partial charge in [-0.25, -0.2) is 4.79 Å². The Balaban J connectivity index is 2.14. The van der Waals surface area contributed by atoms with Gasteiger partial charge in [0.25, 0.3) is 0 Å². The molecule has 0 aliphatic carbocycles. The molecular weight excluding hydrogens is 325 g/mol. The summed E-state index contributed by atoms with van der Waals surface area (Å²) in [6, 6.07) is -0.639. The SMILES string of the molecule is COP(OC)OC(=O)[C@@H]1N2C(=O)[C@@H](CCl)[C@H]2SC1(C)C. The minimum Gasteiger partial charge on any atom is -0.393 e. The number of hydrogen-bond acceptors (Lipinski definition) is 6. The van der Waals surface area contributed by atoms with Crippen LogP contribution < -0.4 is 0 Å². The number of hydrogen-bond donors (Lipinski definition) is 0. The number of amides is 1. The predicted molar refractivity (Wildman–Crippen MR) is 77.3 cm³/mol. The van der Waals surface area contributed by atoms with Gasteiger partial charge in [0.05, 0.1) is 11.3 Å². The van der Waals surface area contributed by atoms with Crippen molar-refractivity contribution in [2.75, 3.05) is 20.1 Å². The zero-order chi connectivity index (χ0) is 15.1. The molecule has 0 aromatic carbocycles. The molecule has 0 radical (unpaired) electrons. The molecule has 2 saturated heterocycles. The summed E-state index contributed by atoms with van der Waals surface area (Å²) in [4.78, 5) is 25.9. The van der Waals surface area contributed by atoms with Gasteiger partial charge in [-0.3, -0.25) is 4.79 Å². The summed E-state index contributed by atoms with van der Waals surface area (Å²) >= 11 is 7.38. The van der Waals surface area contributed by atoms with Gasteiger partial charge < -0.3 is 18.5 Å². The molecule has 0 aromatic rings. The molecule has 6 nitrogen and oxygen atoms in total. The number of fused-ring (bicyclic) bond motifs is 1. The van der Waals surface area contributed by atoms with E-state index in [-0.39, 0.29) is 23.1 Å². The maximum atomic E-state index is 12.3. The van der Waals surface area contributed by atoms with Crippen molar-refractivity contribution >= 4 is 43.8 Å². The highest BCUT2D eigenvalue weighted by atomic mass is 35.5. The third-order valence-electron chi connectivity index (χ3n) is 3.40. The van der Waals surface area contributed by atoms with Gasteiger partial charge in [0.1, 0.15) is 6.04 Å². The van der Waals surface area contributed by atoms with Crippen molar-refractivity contribution in [1.29, 1.82) is 0 Å². The van der Waals surface area contributed by atoms with Gasteiger partial charge >= 0.3 is 14.6 Å². The first-order chi connectivity index (χ1) is 9.37. The van der Waals surface area contributed by atoms with E-state index < -0.39 is 25.4 Å². The average Bonchev–Trinajstić information content (AvgIpc) is 2.65. The lowest BCUT2D eigenvalue weighted by Crippen LogP contribution is -2.63. The third kappa shape index (κ3) is 2.55. The Morgan fingerprint density at radius 1 is 1.45 bits per heavy atom. The summed E-state index contributed by atoms with van der Waals surface area (Å²) in [6.45, 7) is 3.84. The molecule has 1 amide bonds. The lowest BCUT2D eigenvalue weighted by molar-refractivity contribution is -0.161. The van der Waals surface area contributed by atoms with Gasteiger partial charge in [0.2, 0.25) is 5.91 Å². The van der Waals surface area contributed by atoms with Gasteiger partial charge in [-0.1, -0.05) is 0 Å². The highest BCUT2D eigenvalue weighted by Gasteiger charge is 2.63. The molecule has 2 aliphatic rings. The first-order valence-electron chi connectivity index (χ1n) is 6.03. The van der Waals surface area contributed by atoms with E-state index in [9.17, 15) is 9.59 Å². The van der Waals surface area contributed by atoms with Crippen molar-refractivity contribution in [3.63, 3.8) is 0 Å². The van der Waals surface area contributed by atoms with Crippen molar-refractivity contribution in [2.24, 2.45) is 5.92 Å². The zero-order valence-corrected chi connectivity index (χ0v) is 14.1. The van der Waals surface area contributed by atoms with Crippen LogP contribution in [0.3, 0.4) is 0 Å². The van der Waals surface area contributed by atoms with Crippen LogP contribution in [0.5, 0.6) is 0 Å².